The summed E-state index contributed by atoms with van der Waals surface area (Å²) in [5, 5.41) is 0. The summed E-state index contributed by atoms with van der Waals surface area (Å²) in [5.41, 5.74) is 4.08. The highest BCUT2D eigenvalue weighted by Gasteiger charge is 2.64. The van der Waals surface area contributed by atoms with Crippen LogP contribution in [0.1, 0.15) is 28.8 Å². The van der Waals surface area contributed by atoms with Crippen molar-refractivity contribution in [2.75, 3.05) is 0 Å². The van der Waals surface area contributed by atoms with Crippen molar-refractivity contribution < 1.29 is 22.7 Å². The standard InChI is InChI=1S/C17H14F3NO2/c18-17(19,20)16(9-10-16)12-3-7-14(8-4-12)23-13-5-1-11(2-6-13)15(21)22/h1-8H,9-10H2,(H2,21,22). The fourth-order valence-electron chi connectivity index (χ4n) is 2.53. The van der Waals surface area contributed by atoms with E-state index in [1.807, 2.05) is 0 Å². The Morgan fingerprint density at radius 1 is 0.957 bits per heavy atom. The summed E-state index contributed by atoms with van der Waals surface area (Å²) < 4.78 is 44.7. The smallest absolute Gasteiger partial charge is 0.398 e. The molecule has 0 unspecified atom stereocenters. The Kier molecular flexibility index (Phi) is 3.55. The van der Waals surface area contributed by atoms with Crippen molar-refractivity contribution in [2.45, 2.75) is 24.4 Å². The zero-order valence-corrected chi connectivity index (χ0v) is 12.1. The summed E-state index contributed by atoms with van der Waals surface area (Å²) in [6.07, 6.45) is -3.96. The van der Waals surface area contributed by atoms with Gasteiger partial charge in [-0.15, -0.1) is 0 Å². The van der Waals surface area contributed by atoms with E-state index >= 15 is 0 Å². The van der Waals surface area contributed by atoms with E-state index in [0.717, 1.165) is 0 Å². The van der Waals surface area contributed by atoms with E-state index in [4.69, 9.17) is 10.5 Å². The number of ether oxygens (including phenoxy) is 1. The summed E-state index contributed by atoms with van der Waals surface area (Å²) in [5.74, 6) is 0.362. The molecule has 3 rings (SSSR count). The number of alkyl halides is 3. The lowest BCUT2D eigenvalue weighted by Gasteiger charge is -2.19. The number of carbonyl (C=O) groups excluding carboxylic acids is 1. The van der Waals surface area contributed by atoms with Crippen LogP contribution in [0.3, 0.4) is 0 Å². The Hall–Kier alpha value is -2.50. The Balaban J connectivity index is 1.74. The molecule has 0 radical (unpaired) electrons. The largest absolute Gasteiger partial charge is 0.457 e. The number of benzene rings is 2. The third-order valence-corrected chi connectivity index (χ3v) is 4.07. The molecule has 0 saturated heterocycles. The van der Waals surface area contributed by atoms with Crippen molar-refractivity contribution in [3.05, 3.63) is 59.7 Å². The molecule has 1 fully saturated rings. The van der Waals surface area contributed by atoms with Crippen molar-refractivity contribution >= 4 is 5.91 Å². The predicted molar refractivity (Wildman–Crippen MR) is 78.4 cm³/mol. The van der Waals surface area contributed by atoms with E-state index in [1.165, 1.54) is 36.4 Å². The van der Waals surface area contributed by atoms with Crippen LogP contribution in [0.15, 0.2) is 48.5 Å². The van der Waals surface area contributed by atoms with E-state index in [2.05, 4.69) is 0 Å². The van der Waals surface area contributed by atoms with Gasteiger partial charge < -0.3 is 10.5 Å². The van der Waals surface area contributed by atoms with Gasteiger partial charge in [0, 0.05) is 5.56 Å². The molecular formula is C17H14F3NO2. The lowest BCUT2D eigenvalue weighted by molar-refractivity contribution is -0.160. The van der Waals surface area contributed by atoms with Gasteiger partial charge in [-0.1, -0.05) is 12.1 Å². The zero-order chi connectivity index (χ0) is 16.7. The number of amides is 1. The molecule has 1 aliphatic rings. The maximum atomic E-state index is 13.1. The molecule has 2 N–H and O–H groups in total. The summed E-state index contributed by atoms with van der Waals surface area (Å²) in [6.45, 7) is 0. The third-order valence-electron chi connectivity index (χ3n) is 4.07. The first-order valence-corrected chi connectivity index (χ1v) is 7.07. The van der Waals surface area contributed by atoms with Crippen LogP contribution in [0.4, 0.5) is 13.2 Å². The van der Waals surface area contributed by atoms with Gasteiger partial charge in [-0.25, -0.2) is 0 Å². The molecule has 3 nitrogen and oxygen atoms in total. The molecule has 0 bridgehead atoms. The second kappa shape index (κ2) is 5.30. The molecule has 1 aliphatic carbocycles. The first-order valence-electron chi connectivity index (χ1n) is 7.07. The van der Waals surface area contributed by atoms with Crippen LogP contribution in [0, 0.1) is 0 Å². The third kappa shape index (κ3) is 2.88. The van der Waals surface area contributed by atoms with Gasteiger partial charge in [-0.3, -0.25) is 4.79 Å². The van der Waals surface area contributed by atoms with E-state index in [-0.39, 0.29) is 18.4 Å². The van der Waals surface area contributed by atoms with Gasteiger partial charge in [-0.2, -0.15) is 13.2 Å². The Morgan fingerprint density at radius 3 is 1.83 bits per heavy atom. The highest BCUT2D eigenvalue weighted by atomic mass is 19.4. The van der Waals surface area contributed by atoms with Gasteiger partial charge in [-0.05, 0) is 54.8 Å². The molecule has 6 heteroatoms. The molecule has 120 valence electrons. The Morgan fingerprint density at radius 2 is 1.43 bits per heavy atom. The number of hydrogen-bond donors (Lipinski definition) is 1. The molecule has 23 heavy (non-hydrogen) atoms. The topological polar surface area (TPSA) is 52.3 Å². The Labute approximate surface area is 130 Å². The number of nitrogens with two attached hydrogens (primary N) is 1. The van der Waals surface area contributed by atoms with Gasteiger partial charge in [0.2, 0.25) is 5.91 Å². The predicted octanol–water partition coefficient (Wildman–Crippen LogP) is 4.17. The molecule has 0 atom stereocenters. The van der Waals surface area contributed by atoms with Crippen molar-refractivity contribution in [3.8, 4) is 11.5 Å². The molecule has 1 amide bonds. The van der Waals surface area contributed by atoms with E-state index in [0.29, 0.717) is 17.1 Å². The van der Waals surface area contributed by atoms with Crippen molar-refractivity contribution in [1.82, 2.24) is 0 Å². The second-order valence-electron chi connectivity index (χ2n) is 5.59. The summed E-state index contributed by atoms with van der Waals surface area (Å²) >= 11 is 0. The number of rotatable bonds is 4. The Bertz CT molecular complexity index is 717. The van der Waals surface area contributed by atoms with E-state index < -0.39 is 17.5 Å². The first kappa shape index (κ1) is 15.4. The maximum Gasteiger partial charge on any atom is 0.398 e. The lowest BCUT2D eigenvalue weighted by Crippen LogP contribution is -2.28. The molecule has 0 aliphatic heterocycles. The van der Waals surface area contributed by atoms with Crippen molar-refractivity contribution in [2.24, 2.45) is 5.73 Å². The van der Waals surface area contributed by atoms with Crippen LogP contribution >= 0.6 is 0 Å². The monoisotopic (exact) mass is 321 g/mol. The lowest BCUT2D eigenvalue weighted by atomic mass is 9.95. The highest BCUT2D eigenvalue weighted by Crippen LogP contribution is 2.58. The summed E-state index contributed by atoms with van der Waals surface area (Å²) in [4.78, 5) is 11.0. The minimum Gasteiger partial charge on any atom is -0.457 e. The van der Waals surface area contributed by atoms with E-state index in [9.17, 15) is 18.0 Å². The van der Waals surface area contributed by atoms with Crippen LogP contribution in [-0.4, -0.2) is 12.1 Å². The number of primary amides is 1. The molecule has 0 aromatic heterocycles. The summed E-state index contributed by atoms with van der Waals surface area (Å²) in [7, 11) is 0. The minimum atomic E-state index is -4.22. The van der Waals surface area contributed by atoms with Gasteiger partial charge in [0.05, 0.1) is 5.41 Å². The molecule has 2 aromatic rings. The number of hydrogen-bond acceptors (Lipinski definition) is 2. The number of halogens is 3. The maximum absolute atomic E-state index is 13.1. The molecular weight excluding hydrogens is 307 g/mol. The van der Waals surface area contributed by atoms with Gasteiger partial charge in [0.1, 0.15) is 11.5 Å². The van der Waals surface area contributed by atoms with Crippen molar-refractivity contribution in [1.29, 1.82) is 0 Å². The SMILES string of the molecule is NC(=O)c1ccc(Oc2ccc(C3(C(F)(F)F)CC3)cc2)cc1. The highest BCUT2D eigenvalue weighted by molar-refractivity contribution is 5.92. The van der Waals surface area contributed by atoms with Crippen LogP contribution in [0.5, 0.6) is 11.5 Å². The van der Waals surface area contributed by atoms with Crippen molar-refractivity contribution in [3.63, 3.8) is 0 Å². The average molecular weight is 321 g/mol. The van der Waals surface area contributed by atoms with Gasteiger partial charge in [0.15, 0.2) is 0 Å². The first-order chi connectivity index (χ1) is 10.8. The van der Waals surface area contributed by atoms with Crippen LogP contribution < -0.4 is 10.5 Å². The fraction of sp³-hybridized carbons (Fsp3) is 0.235. The normalized spacial score (nSPS) is 16.0. The fourth-order valence-corrected chi connectivity index (χ4v) is 2.53. The molecule has 0 heterocycles. The molecule has 2 aromatic carbocycles. The zero-order valence-electron chi connectivity index (χ0n) is 12.1. The van der Waals surface area contributed by atoms with Crippen LogP contribution in [0.2, 0.25) is 0 Å². The second-order valence-corrected chi connectivity index (χ2v) is 5.59. The average Bonchev–Trinajstić information content (AvgIpc) is 3.30. The molecule has 0 spiro atoms. The van der Waals surface area contributed by atoms with Gasteiger partial charge >= 0.3 is 6.18 Å². The quantitative estimate of drug-likeness (QED) is 0.919. The summed E-state index contributed by atoms with van der Waals surface area (Å²) in [6, 6.07) is 12.1. The number of carbonyl (C=O) groups is 1. The van der Waals surface area contributed by atoms with Crippen LogP contribution in [0.25, 0.3) is 0 Å². The van der Waals surface area contributed by atoms with E-state index in [1.54, 1.807) is 12.1 Å². The van der Waals surface area contributed by atoms with Gasteiger partial charge in [0.25, 0.3) is 0 Å². The van der Waals surface area contributed by atoms with Crippen LogP contribution in [-0.2, 0) is 5.41 Å². The minimum absolute atomic E-state index is 0.130. The molecule has 1 saturated carbocycles.